The van der Waals surface area contributed by atoms with Gasteiger partial charge in [-0.2, -0.15) is 12.6 Å². The molecule has 0 fully saturated rings. The van der Waals surface area contributed by atoms with Crippen molar-refractivity contribution in [1.29, 1.82) is 0 Å². The van der Waals surface area contributed by atoms with E-state index in [1.807, 2.05) is 18.2 Å². The lowest BCUT2D eigenvalue weighted by molar-refractivity contribution is 0.323. The molecule has 15 heavy (non-hydrogen) atoms. The Bertz CT molecular complexity index is 413. The van der Waals surface area contributed by atoms with Gasteiger partial charge < -0.3 is 10.2 Å². The third-order valence-corrected chi connectivity index (χ3v) is 1.91. The number of hydrogen-bond donors (Lipinski definition) is 3. The normalized spacial score (nSPS) is 9.47. The molecule has 2 aromatic rings. The minimum Gasteiger partial charge on any atom is -0.506 e. The Morgan fingerprint density at radius 1 is 1.20 bits per heavy atom. The highest BCUT2D eigenvalue weighted by Crippen LogP contribution is 2.20. The number of aromatic hydroxyl groups is 1. The van der Waals surface area contributed by atoms with Crippen LogP contribution in [-0.4, -0.2) is 27.6 Å². The van der Waals surface area contributed by atoms with E-state index in [0.29, 0.717) is 11.3 Å². The van der Waals surface area contributed by atoms with Crippen LogP contribution in [-0.2, 0) is 0 Å². The van der Waals surface area contributed by atoms with Crippen molar-refractivity contribution in [3.63, 3.8) is 0 Å². The fraction of sp³-hybridized carbons (Fsp3) is 0.182. The van der Waals surface area contributed by atoms with E-state index in [-0.39, 0.29) is 12.4 Å². The summed E-state index contributed by atoms with van der Waals surface area (Å²) in [5, 5.41) is 18.1. The topological polar surface area (TPSA) is 53.4 Å². The van der Waals surface area contributed by atoms with Crippen molar-refractivity contribution < 1.29 is 10.2 Å². The molecule has 1 aromatic carbocycles. The number of aliphatic hydroxyl groups excluding tert-OH is 1. The largest absolute Gasteiger partial charge is 0.506 e. The number of aliphatic hydroxyl groups is 1. The Hall–Kier alpha value is -1.26. The maximum atomic E-state index is 9.31. The maximum Gasteiger partial charge on any atom is 0.141 e. The zero-order valence-corrected chi connectivity index (χ0v) is 9.06. The quantitative estimate of drug-likeness (QED) is 0.647. The van der Waals surface area contributed by atoms with Crippen molar-refractivity contribution in [3.05, 3.63) is 36.5 Å². The number of benzene rings is 1. The molecule has 1 aromatic heterocycles. The van der Waals surface area contributed by atoms with Crippen LogP contribution in [0.5, 0.6) is 5.75 Å². The van der Waals surface area contributed by atoms with Crippen LogP contribution in [0, 0.1) is 0 Å². The molecule has 0 saturated heterocycles. The lowest BCUT2D eigenvalue weighted by Crippen LogP contribution is -1.76. The summed E-state index contributed by atoms with van der Waals surface area (Å²) >= 11 is 3.67. The molecule has 3 nitrogen and oxygen atoms in total. The van der Waals surface area contributed by atoms with E-state index in [0.717, 1.165) is 5.39 Å². The Morgan fingerprint density at radius 3 is 2.47 bits per heavy atom. The molecule has 0 atom stereocenters. The van der Waals surface area contributed by atoms with E-state index in [1.54, 1.807) is 18.3 Å². The predicted octanol–water partition coefficient (Wildman–Crippen LogP) is 1.85. The van der Waals surface area contributed by atoms with Crippen molar-refractivity contribution in [2.45, 2.75) is 0 Å². The summed E-state index contributed by atoms with van der Waals surface area (Å²) in [6.45, 7) is 0.184. The maximum absolute atomic E-state index is 9.31. The van der Waals surface area contributed by atoms with Crippen LogP contribution in [0.15, 0.2) is 36.5 Å². The fourth-order valence-electron chi connectivity index (χ4n) is 1.09. The Balaban J connectivity index is 0.000000245. The fourth-order valence-corrected chi connectivity index (χ4v) is 1.09. The lowest BCUT2D eigenvalue weighted by atomic mass is 10.2. The van der Waals surface area contributed by atoms with Crippen LogP contribution in [0.3, 0.4) is 0 Å². The molecule has 0 radical (unpaired) electrons. The minimum atomic E-state index is 0.184. The first kappa shape index (κ1) is 11.8. The third kappa shape index (κ3) is 3.42. The van der Waals surface area contributed by atoms with Gasteiger partial charge in [0, 0.05) is 17.3 Å². The molecule has 0 unspecified atom stereocenters. The van der Waals surface area contributed by atoms with E-state index in [1.165, 1.54) is 0 Å². The van der Waals surface area contributed by atoms with Gasteiger partial charge in [-0.25, -0.2) is 0 Å². The van der Waals surface area contributed by atoms with Crippen molar-refractivity contribution in [3.8, 4) is 5.75 Å². The van der Waals surface area contributed by atoms with Gasteiger partial charge in [0.05, 0.1) is 6.61 Å². The number of fused-ring (bicyclic) bond motifs is 1. The first-order valence-corrected chi connectivity index (χ1v) is 5.17. The molecule has 4 heteroatoms. The highest BCUT2D eigenvalue weighted by molar-refractivity contribution is 7.80. The molecule has 0 spiro atoms. The molecule has 0 amide bonds. The second-order valence-electron chi connectivity index (χ2n) is 2.80. The van der Waals surface area contributed by atoms with Gasteiger partial charge in [0.1, 0.15) is 11.3 Å². The Labute approximate surface area is 93.8 Å². The molecule has 80 valence electrons. The Kier molecular flexibility index (Phi) is 4.93. The SMILES string of the molecule is OCCS.Oc1cccc2cccnc12. The summed E-state index contributed by atoms with van der Waals surface area (Å²) in [7, 11) is 0. The number of phenols is 1. The predicted molar refractivity (Wildman–Crippen MR) is 64.3 cm³/mol. The van der Waals surface area contributed by atoms with E-state index in [4.69, 9.17) is 5.11 Å². The molecule has 0 aliphatic rings. The van der Waals surface area contributed by atoms with Crippen molar-refractivity contribution in [1.82, 2.24) is 4.98 Å². The van der Waals surface area contributed by atoms with Crippen molar-refractivity contribution in [2.75, 3.05) is 12.4 Å². The van der Waals surface area contributed by atoms with Crippen molar-refractivity contribution >= 4 is 23.5 Å². The summed E-state index contributed by atoms with van der Waals surface area (Å²) in [6, 6.07) is 9.13. The standard InChI is InChI=1S/C9H7NO.C2H6OS/c11-8-5-1-3-7-4-2-6-10-9(7)8;3-1-2-4/h1-6,11H;3-4H,1-2H2. The van der Waals surface area contributed by atoms with E-state index >= 15 is 0 Å². The Morgan fingerprint density at radius 2 is 1.87 bits per heavy atom. The number of thiol groups is 1. The summed E-state index contributed by atoms with van der Waals surface area (Å²) < 4.78 is 0. The van der Waals surface area contributed by atoms with Gasteiger partial charge in [-0.15, -0.1) is 0 Å². The van der Waals surface area contributed by atoms with Gasteiger partial charge in [0.2, 0.25) is 0 Å². The monoisotopic (exact) mass is 223 g/mol. The third-order valence-electron chi connectivity index (χ3n) is 1.71. The number of phenolic OH excluding ortho intramolecular Hbond substituents is 1. The number of rotatable bonds is 1. The molecule has 2 N–H and O–H groups in total. The molecule has 1 heterocycles. The average molecular weight is 223 g/mol. The number of nitrogens with zero attached hydrogens (tertiary/aromatic N) is 1. The van der Waals surface area contributed by atoms with Crippen LogP contribution < -0.4 is 0 Å². The van der Waals surface area contributed by atoms with E-state index < -0.39 is 0 Å². The summed E-state index contributed by atoms with van der Waals surface area (Å²) in [5.74, 6) is 0.808. The minimum absolute atomic E-state index is 0.184. The highest BCUT2D eigenvalue weighted by Gasteiger charge is 1.96. The first-order chi connectivity index (χ1) is 7.29. The molecule has 0 bridgehead atoms. The summed E-state index contributed by atoms with van der Waals surface area (Å²) in [4.78, 5) is 4.03. The number of pyridine rings is 1. The van der Waals surface area contributed by atoms with Gasteiger partial charge in [-0.3, -0.25) is 4.98 Å². The molecule has 2 rings (SSSR count). The first-order valence-electron chi connectivity index (χ1n) is 4.54. The molecule has 0 saturated carbocycles. The molecular weight excluding hydrogens is 210 g/mol. The van der Waals surface area contributed by atoms with Gasteiger partial charge in [-0.1, -0.05) is 18.2 Å². The van der Waals surface area contributed by atoms with Gasteiger partial charge in [0.15, 0.2) is 0 Å². The average Bonchev–Trinajstić information content (AvgIpc) is 2.30. The zero-order valence-electron chi connectivity index (χ0n) is 8.17. The summed E-state index contributed by atoms with van der Waals surface area (Å²) in [6.07, 6.45) is 1.67. The smallest absolute Gasteiger partial charge is 0.141 e. The highest BCUT2D eigenvalue weighted by atomic mass is 32.1. The van der Waals surface area contributed by atoms with E-state index in [2.05, 4.69) is 17.6 Å². The second-order valence-corrected chi connectivity index (χ2v) is 3.25. The summed E-state index contributed by atoms with van der Waals surface area (Å²) in [5.41, 5.74) is 0.662. The van der Waals surface area contributed by atoms with Crippen LogP contribution in [0.4, 0.5) is 0 Å². The van der Waals surface area contributed by atoms with E-state index in [9.17, 15) is 5.11 Å². The van der Waals surface area contributed by atoms with Gasteiger partial charge in [-0.05, 0) is 12.1 Å². The second kappa shape index (κ2) is 6.27. The number of hydrogen-bond acceptors (Lipinski definition) is 4. The molecule has 0 aliphatic carbocycles. The molecular formula is C11H13NO2S. The van der Waals surface area contributed by atoms with Crippen LogP contribution in [0.1, 0.15) is 0 Å². The lowest BCUT2D eigenvalue weighted by Gasteiger charge is -1.96. The number of aromatic nitrogens is 1. The van der Waals surface area contributed by atoms with Crippen LogP contribution in [0.25, 0.3) is 10.9 Å². The molecule has 0 aliphatic heterocycles. The number of para-hydroxylation sites is 1. The zero-order chi connectivity index (χ0) is 11.1. The van der Waals surface area contributed by atoms with Gasteiger partial charge in [0.25, 0.3) is 0 Å². The van der Waals surface area contributed by atoms with Gasteiger partial charge >= 0.3 is 0 Å². The van der Waals surface area contributed by atoms with Crippen molar-refractivity contribution in [2.24, 2.45) is 0 Å². The van der Waals surface area contributed by atoms with Crippen LogP contribution in [0.2, 0.25) is 0 Å². The van der Waals surface area contributed by atoms with Crippen LogP contribution >= 0.6 is 12.6 Å².